The highest BCUT2D eigenvalue weighted by Gasteiger charge is 2.11. The topological polar surface area (TPSA) is 111 Å². The van der Waals surface area contributed by atoms with Crippen molar-refractivity contribution in [2.45, 2.75) is 26.2 Å². The van der Waals surface area contributed by atoms with Crippen molar-refractivity contribution in [2.75, 3.05) is 17.2 Å². The van der Waals surface area contributed by atoms with E-state index in [1.807, 2.05) is 18.2 Å². The molecular weight excluding hydrogens is 326 g/mol. The number of esters is 1. The molecule has 2 amide bonds. The standard InChI is InChI=1S/C17H19N3O5/c1-12-10-14(20-25-12)19-16(22)11-24-17(23)9-5-8-15(21)18-13-6-3-2-4-7-13/h2-4,6-7,10H,5,8-9,11H2,1H3,(H,18,21)(H,19,20,22). The second kappa shape index (κ2) is 9.21. The number of nitrogens with zero attached hydrogens (tertiary/aromatic N) is 1. The molecule has 0 aliphatic carbocycles. The van der Waals surface area contributed by atoms with E-state index in [-0.39, 0.29) is 24.6 Å². The van der Waals surface area contributed by atoms with Crippen molar-refractivity contribution in [1.82, 2.24) is 5.16 Å². The minimum atomic E-state index is -0.543. The molecule has 0 unspecified atom stereocenters. The highest BCUT2D eigenvalue weighted by Crippen LogP contribution is 2.08. The fraction of sp³-hybridized carbons (Fsp3) is 0.294. The van der Waals surface area contributed by atoms with Crippen molar-refractivity contribution in [2.24, 2.45) is 0 Å². The van der Waals surface area contributed by atoms with Crippen LogP contribution in [0.1, 0.15) is 25.0 Å². The van der Waals surface area contributed by atoms with Crippen LogP contribution in [-0.4, -0.2) is 29.5 Å². The molecule has 2 N–H and O–H groups in total. The number of para-hydroxylation sites is 1. The zero-order valence-corrected chi connectivity index (χ0v) is 13.8. The van der Waals surface area contributed by atoms with Crippen LogP contribution in [0.2, 0.25) is 0 Å². The molecule has 0 aliphatic heterocycles. The number of hydrogen-bond acceptors (Lipinski definition) is 6. The van der Waals surface area contributed by atoms with Crippen LogP contribution in [-0.2, 0) is 19.1 Å². The summed E-state index contributed by atoms with van der Waals surface area (Å²) in [6.07, 6.45) is 0.578. The predicted molar refractivity (Wildman–Crippen MR) is 89.8 cm³/mol. The van der Waals surface area contributed by atoms with Crippen molar-refractivity contribution in [3.05, 3.63) is 42.2 Å². The number of amides is 2. The Morgan fingerprint density at radius 3 is 2.52 bits per heavy atom. The fourth-order valence-electron chi connectivity index (χ4n) is 1.96. The van der Waals surface area contributed by atoms with E-state index in [4.69, 9.17) is 9.26 Å². The van der Waals surface area contributed by atoms with Crippen molar-refractivity contribution in [3.8, 4) is 0 Å². The maximum Gasteiger partial charge on any atom is 0.306 e. The first-order valence-electron chi connectivity index (χ1n) is 7.76. The molecule has 1 aromatic heterocycles. The van der Waals surface area contributed by atoms with Gasteiger partial charge in [0.1, 0.15) is 5.76 Å². The highest BCUT2D eigenvalue weighted by atomic mass is 16.5. The molecule has 8 nitrogen and oxygen atoms in total. The van der Waals surface area contributed by atoms with E-state index in [1.165, 1.54) is 0 Å². The second-order valence-electron chi connectivity index (χ2n) is 5.30. The molecule has 0 aliphatic rings. The van der Waals surface area contributed by atoms with Crippen molar-refractivity contribution in [1.29, 1.82) is 0 Å². The van der Waals surface area contributed by atoms with Crippen LogP contribution in [0.4, 0.5) is 11.5 Å². The lowest BCUT2D eigenvalue weighted by molar-refractivity contribution is -0.147. The summed E-state index contributed by atoms with van der Waals surface area (Å²) in [5.74, 6) is -0.419. The second-order valence-corrected chi connectivity index (χ2v) is 5.30. The largest absolute Gasteiger partial charge is 0.456 e. The average Bonchev–Trinajstić information content (AvgIpc) is 2.98. The molecule has 0 saturated carbocycles. The van der Waals surface area contributed by atoms with Gasteiger partial charge in [-0.2, -0.15) is 0 Å². The molecule has 1 heterocycles. The summed E-state index contributed by atoms with van der Waals surface area (Å²) >= 11 is 0. The van der Waals surface area contributed by atoms with Crippen LogP contribution in [0.15, 0.2) is 40.9 Å². The van der Waals surface area contributed by atoms with Gasteiger partial charge in [-0.1, -0.05) is 23.4 Å². The van der Waals surface area contributed by atoms with E-state index in [9.17, 15) is 14.4 Å². The minimum Gasteiger partial charge on any atom is -0.456 e. The Balaban J connectivity index is 1.59. The third-order valence-corrected chi connectivity index (χ3v) is 3.10. The Morgan fingerprint density at radius 1 is 1.08 bits per heavy atom. The van der Waals surface area contributed by atoms with Crippen LogP contribution >= 0.6 is 0 Å². The molecule has 8 heteroatoms. The molecule has 0 atom stereocenters. The van der Waals surface area contributed by atoms with Gasteiger partial charge in [0.2, 0.25) is 5.91 Å². The monoisotopic (exact) mass is 345 g/mol. The van der Waals surface area contributed by atoms with Gasteiger partial charge in [-0.05, 0) is 25.5 Å². The number of carbonyl (C=O) groups is 3. The molecule has 1 aromatic carbocycles. The number of hydrogen-bond donors (Lipinski definition) is 2. The fourth-order valence-corrected chi connectivity index (χ4v) is 1.96. The first-order chi connectivity index (χ1) is 12.0. The number of aryl methyl sites for hydroxylation is 1. The van der Waals surface area contributed by atoms with Crippen molar-refractivity contribution in [3.63, 3.8) is 0 Å². The molecular formula is C17H19N3O5. The molecule has 25 heavy (non-hydrogen) atoms. The Morgan fingerprint density at radius 2 is 1.84 bits per heavy atom. The van der Waals surface area contributed by atoms with E-state index in [0.717, 1.165) is 0 Å². The van der Waals surface area contributed by atoms with Gasteiger partial charge in [0.15, 0.2) is 12.4 Å². The predicted octanol–water partition coefficient (Wildman–Crippen LogP) is 2.27. The van der Waals surface area contributed by atoms with Gasteiger partial charge in [0, 0.05) is 24.6 Å². The lowest BCUT2D eigenvalue weighted by atomic mass is 10.2. The molecule has 0 bridgehead atoms. The lowest BCUT2D eigenvalue weighted by Gasteiger charge is -2.06. The average molecular weight is 345 g/mol. The molecule has 0 radical (unpaired) electrons. The van der Waals surface area contributed by atoms with E-state index in [2.05, 4.69) is 15.8 Å². The zero-order valence-electron chi connectivity index (χ0n) is 13.8. The van der Waals surface area contributed by atoms with Crippen LogP contribution in [0.25, 0.3) is 0 Å². The van der Waals surface area contributed by atoms with Gasteiger partial charge in [0.05, 0.1) is 0 Å². The third-order valence-electron chi connectivity index (χ3n) is 3.10. The van der Waals surface area contributed by atoms with Crippen molar-refractivity contribution < 1.29 is 23.6 Å². The quantitative estimate of drug-likeness (QED) is 0.710. The number of ether oxygens (including phenoxy) is 1. The van der Waals surface area contributed by atoms with Crippen LogP contribution in [0.3, 0.4) is 0 Å². The third kappa shape index (κ3) is 6.86. The molecule has 0 saturated heterocycles. The Hall–Kier alpha value is -3.16. The number of anilines is 2. The SMILES string of the molecule is Cc1cc(NC(=O)COC(=O)CCCC(=O)Nc2ccccc2)no1. The van der Waals surface area contributed by atoms with Crippen molar-refractivity contribution >= 4 is 29.3 Å². The minimum absolute atomic E-state index is 0.0541. The molecule has 0 fully saturated rings. The smallest absolute Gasteiger partial charge is 0.306 e. The van der Waals surface area contributed by atoms with E-state index in [0.29, 0.717) is 17.9 Å². The maximum atomic E-state index is 11.7. The summed E-state index contributed by atoms with van der Waals surface area (Å²) < 4.78 is 9.64. The maximum absolute atomic E-state index is 11.7. The number of benzene rings is 1. The molecule has 2 aromatic rings. The summed E-state index contributed by atoms with van der Waals surface area (Å²) in [6, 6.07) is 10.6. The zero-order chi connectivity index (χ0) is 18.1. The van der Waals surface area contributed by atoms with Crippen LogP contribution in [0, 0.1) is 6.92 Å². The van der Waals surface area contributed by atoms with Crippen LogP contribution < -0.4 is 10.6 Å². The van der Waals surface area contributed by atoms with Gasteiger partial charge < -0.3 is 19.9 Å². The number of carbonyl (C=O) groups excluding carboxylic acids is 3. The van der Waals surface area contributed by atoms with Gasteiger partial charge >= 0.3 is 5.97 Å². The normalized spacial score (nSPS) is 10.1. The summed E-state index contributed by atoms with van der Waals surface area (Å²) in [5.41, 5.74) is 0.704. The van der Waals surface area contributed by atoms with Crippen LogP contribution in [0.5, 0.6) is 0 Å². The molecule has 0 spiro atoms. The number of nitrogens with one attached hydrogen (secondary N) is 2. The Bertz CT molecular complexity index is 727. The van der Waals surface area contributed by atoms with Gasteiger partial charge in [-0.25, -0.2) is 0 Å². The van der Waals surface area contributed by atoms with Gasteiger partial charge in [-0.15, -0.1) is 0 Å². The summed E-state index contributed by atoms with van der Waals surface area (Å²) in [7, 11) is 0. The number of aromatic nitrogens is 1. The summed E-state index contributed by atoms with van der Waals surface area (Å²) in [5, 5.41) is 8.75. The van der Waals surface area contributed by atoms with E-state index in [1.54, 1.807) is 25.1 Å². The van der Waals surface area contributed by atoms with E-state index < -0.39 is 18.5 Å². The molecule has 132 valence electrons. The highest BCUT2D eigenvalue weighted by molar-refractivity contribution is 5.92. The van der Waals surface area contributed by atoms with Gasteiger partial charge in [0.25, 0.3) is 5.91 Å². The lowest BCUT2D eigenvalue weighted by Crippen LogP contribution is -2.21. The first kappa shape index (κ1) is 18.2. The Kier molecular flexibility index (Phi) is 6.70. The summed E-state index contributed by atoms with van der Waals surface area (Å²) in [4.78, 5) is 34.9. The van der Waals surface area contributed by atoms with E-state index >= 15 is 0 Å². The summed E-state index contributed by atoms with van der Waals surface area (Å²) in [6.45, 7) is 1.28. The first-order valence-corrected chi connectivity index (χ1v) is 7.76. The Labute approximate surface area is 144 Å². The molecule has 2 rings (SSSR count). The number of rotatable bonds is 8. The van der Waals surface area contributed by atoms with Gasteiger partial charge in [-0.3, -0.25) is 14.4 Å².